The summed E-state index contributed by atoms with van der Waals surface area (Å²) in [6.07, 6.45) is 3.27. The van der Waals surface area contributed by atoms with Crippen molar-refractivity contribution in [2.45, 2.75) is 6.61 Å². The molecule has 9 nitrogen and oxygen atoms in total. The SMILES string of the molecule is O=C(OCc1cn(-c2ccnc3cc(Cl)ccc23)nn1)c1cccc([N+](=O)[O-])c1. The molecule has 0 atom stereocenters. The Morgan fingerprint density at radius 3 is 2.90 bits per heavy atom. The molecule has 0 N–H and O–H groups in total. The summed E-state index contributed by atoms with van der Waals surface area (Å²) in [5.74, 6) is -0.688. The number of fused-ring (bicyclic) bond motifs is 1. The summed E-state index contributed by atoms with van der Waals surface area (Å²) in [5.41, 5.74) is 1.78. The average Bonchev–Trinajstić information content (AvgIpc) is 3.20. The van der Waals surface area contributed by atoms with Gasteiger partial charge in [-0.3, -0.25) is 15.1 Å². The topological polar surface area (TPSA) is 113 Å². The van der Waals surface area contributed by atoms with Crippen LogP contribution in [0, 0.1) is 10.1 Å². The first-order chi connectivity index (χ1) is 14.0. The number of halogens is 1. The van der Waals surface area contributed by atoms with E-state index in [2.05, 4.69) is 15.3 Å². The fourth-order valence-corrected chi connectivity index (χ4v) is 2.92. The van der Waals surface area contributed by atoms with Crippen LogP contribution in [0.4, 0.5) is 5.69 Å². The molecule has 4 rings (SSSR count). The lowest BCUT2D eigenvalue weighted by Crippen LogP contribution is -2.06. The van der Waals surface area contributed by atoms with Crippen molar-refractivity contribution < 1.29 is 14.5 Å². The van der Waals surface area contributed by atoms with Crippen LogP contribution in [0.15, 0.2) is 60.9 Å². The van der Waals surface area contributed by atoms with Crippen LogP contribution >= 0.6 is 11.6 Å². The first-order valence-electron chi connectivity index (χ1n) is 8.39. The number of nitrogens with zero attached hydrogens (tertiary/aromatic N) is 5. The summed E-state index contributed by atoms with van der Waals surface area (Å²) in [6.45, 7) is -0.129. The molecule has 2 aromatic carbocycles. The third kappa shape index (κ3) is 3.90. The van der Waals surface area contributed by atoms with Crippen LogP contribution < -0.4 is 0 Å². The molecule has 10 heteroatoms. The zero-order valence-electron chi connectivity index (χ0n) is 14.7. The second kappa shape index (κ2) is 7.64. The van der Waals surface area contributed by atoms with Gasteiger partial charge in [0.05, 0.1) is 27.9 Å². The standard InChI is InChI=1S/C19H12ClN5O4/c20-13-4-5-16-17(9-13)21-7-6-18(16)24-10-14(22-23-24)11-29-19(26)12-2-1-3-15(8-12)25(27)28/h1-10H,11H2. The van der Waals surface area contributed by atoms with Crippen molar-refractivity contribution in [3.63, 3.8) is 0 Å². The van der Waals surface area contributed by atoms with Gasteiger partial charge in [-0.25, -0.2) is 9.48 Å². The van der Waals surface area contributed by atoms with E-state index in [9.17, 15) is 14.9 Å². The zero-order valence-corrected chi connectivity index (χ0v) is 15.5. The second-order valence-electron chi connectivity index (χ2n) is 6.03. The Bertz CT molecular complexity index is 1240. The normalized spacial score (nSPS) is 10.8. The molecule has 0 amide bonds. The van der Waals surface area contributed by atoms with Crippen LogP contribution in [-0.2, 0) is 11.3 Å². The molecule has 0 bridgehead atoms. The first-order valence-corrected chi connectivity index (χ1v) is 8.76. The van der Waals surface area contributed by atoms with Gasteiger partial charge in [0.2, 0.25) is 0 Å². The van der Waals surface area contributed by atoms with E-state index < -0.39 is 10.9 Å². The minimum absolute atomic E-state index is 0.0867. The summed E-state index contributed by atoms with van der Waals surface area (Å²) >= 11 is 6.01. The van der Waals surface area contributed by atoms with Gasteiger partial charge in [-0.15, -0.1) is 5.10 Å². The molecule has 0 aliphatic carbocycles. The second-order valence-corrected chi connectivity index (χ2v) is 6.47. The quantitative estimate of drug-likeness (QED) is 0.280. The molecule has 2 aromatic heterocycles. The molecule has 0 aliphatic heterocycles. The summed E-state index contributed by atoms with van der Waals surface area (Å²) in [7, 11) is 0. The smallest absolute Gasteiger partial charge is 0.338 e. The molecule has 0 saturated heterocycles. The molecule has 2 heterocycles. The maximum atomic E-state index is 12.2. The third-order valence-corrected chi connectivity index (χ3v) is 4.35. The first kappa shape index (κ1) is 18.5. The van der Waals surface area contributed by atoms with Crippen molar-refractivity contribution in [2.75, 3.05) is 0 Å². The molecule has 0 fully saturated rings. The van der Waals surface area contributed by atoms with Crippen LogP contribution in [0.3, 0.4) is 0 Å². The van der Waals surface area contributed by atoms with Crippen LogP contribution in [0.2, 0.25) is 5.02 Å². The van der Waals surface area contributed by atoms with Gasteiger partial charge >= 0.3 is 5.97 Å². The number of carbonyl (C=O) groups excluding carboxylic acids is 1. The lowest BCUT2D eigenvalue weighted by atomic mass is 10.2. The Morgan fingerprint density at radius 1 is 1.21 bits per heavy atom. The van der Waals surface area contributed by atoms with Crippen LogP contribution in [0.25, 0.3) is 16.6 Å². The Balaban J connectivity index is 1.51. The van der Waals surface area contributed by atoms with E-state index in [0.29, 0.717) is 16.2 Å². The summed E-state index contributed by atoms with van der Waals surface area (Å²) in [6, 6.07) is 12.5. The molecule has 29 heavy (non-hydrogen) atoms. The summed E-state index contributed by atoms with van der Waals surface area (Å²) in [4.78, 5) is 26.7. The third-order valence-electron chi connectivity index (χ3n) is 4.11. The Labute approximate surface area is 168 Å². The van der Waals surface area contributed by atoms with E-state index in [0.717, 1.165) is 17.1 Å². The lowest BCUT2D eigenvalue weighted by Gasteiger charge is -2.05. The molecule has 0 aliphatic rings. The van der Waals surface area contributed by atoms with Gasteiger partial charge in [-0.1, -0.05) is 22.9 Å². The highest BCUT2D eigenvalue weighted by Gasteiger charge is 2.14. The van der Waals surface area contributed by atoms with Gasteiger partial charge in [0.25, 0.3) is 5.69 Å². The molecule has 144 valence electrons. The number of nitro groups is 1. The van der Waals surface area contributed by atoms with Gasteiger partial charge in [-0.05, 0) is 30.3 Å². The Kier molecular flexibility index (Phi) is 4.88. The molecule has 0 spiro atoms. The van der Waals surface area contributed by atoms with Crippen molar-refractivity contribution in [2.24, 2.45) is 0 Å². The molecule has 4 aromatic rings. The van der Waals surface area contributed by atoms with E-state index in [1.807, 2.05) is 6.07 Å². The van der Waals surface area contributed by atoms with E-state index in [1.54, 1.807) is 35.3 Å². The van der Waals surface area contributed by atoms with Crippen molar-refractivity contribution in [3.05, 3.63) is 87.3 Å². The summed E-state index contributed by atoms with van der Waals surface area (Å²) in [5, 5.41) is 20.3. The maximum absolute atomic E-state index is 12.2. The van der Waals surface area contributed by atoms with E-state index >= 15 is 0 Å². The number of non-ortho nitro benzene ring substituents is 1. The number of esters is 1. The van der Waals surface area contributed by atoms with E-state index in [1.165, 1.54) is 18.2 Å². The molecule has 0 saturated carbocycles. The largest absolute Gasteiger partial charge is 0.455 e. The number of ether oxygens (including phenoxy) is 1. The van der Waals surface area contributed by atoms with Crippen LogP contribution in [0.5, 0.6) is 0 Å². The number of carbonyl (C=O) groups is 1. The molecular formula is C19H12ClN5O4. The van der Waals surface area contributed by atoms with Gasteiger partial charge in [0, 0.05) is 28.7 Å². The predicted octanol–water partition coefficient (Wildman–Crippen LogP) is 3.73. The van der Waals surface area contributed by atoms with Crippen molar-refractivity contribution in [1.82, 2.24) is 20.0 Å². The highest BCUT2D eigenvalue weighted by Crippen LogP contribution is 2.23. The number of hydrogen-bond donors (Lipinski definition) is 0. The highest BCUT2D eigenvalue weighted by atomic mass is 35.5. The Hall–Kier alpha value is -3.85. The fraction of sp³-hybridized carbons (Fsp3) is 0.0526. The number of hydrogen-bond acceptors (Lipinski definition) is 7. The van der Waals surface area contributed by atoms with Gasteiger partial charge < -0.3 is 4.74 Å². The molecular weight excluding hydrogens is 398 g/mol. The van der Waals surface area contributed by atoms with E-state index in [-0.39, 0.29) is 17.9 Å². The zero-order chi connectivity index (χ0) is 20.4. The Morgan fingerprint density at radius 2 is 2.07 bits per heavy atom. The average molecular weight is 410 g/mol. The van der Waals surface area contributed by atoms with Crippen molar-refractivity contribution in [1.29, 1.82) is 0 Å². The predicted molar refractivity (Wildman–Crippen MR) is 104 cm³/mol. The number of pyridine rings is 1. The number of aromatic nitrogens is 4. The van der Waals surface area contributed by atoms with Crippen molar-refractivity contribution >= 4 is 34.2 Å². The van der Waals surface area contributed by atoms with Crippen LogP contribution in [0.1, 0.15) is 16.1 Å². The highest BCUT2D eigenvalue weighted by molar-refractivity contribution is 6.31. The fourth-order valence-electron chi connectivity index (χ4n) is 2.76. The van der Waals surface area contributed by atoms with E-state index in [4.69, 9.17) is 16.3 Å². The van der Waals surface area contributed by atoms with Crippen molar-refractivity contribution in [3.8, 4) is 5.69 Å². The minimum Gasteiger partial charge on any atom is -0.455 e. The minimum atomic E-state index is -0.688. The number of nitro benzene ring substituents is 1. The van der Waals surface area contributed by atoms with Gasteiger partial charge in [0.15, 0.2) is 0 Å². The summed E-state index contributed by atoms with van der Waals surface area (Å²) < 4.78 is 6.74. The molecule has 0 radical (unpaired) electrons. The lowest BCUT2D eigenvalue weighted by molar-refractivity contribution is -0.384. The number of benzene rings is 2. The van der Waals surface area contributed by atoms with Crippen LogP contribution in [-0.4, -0.2) is 30.9 Å². The number of rotatable bonds is 5. The molecule has 0 unspecified atom stereocenters. The van der Waals surface area contributed by atoms with Gasteiger partial charge in [0.1, 0.15) is 12.3 Å². The monoisotopic (exact) mass is 409 g/mol. The van der Waals surface area contributed by atoms with Gasteiger partial charge in [-0.2, -0.15) is 0 Å². The maximum Gasteiger partial charge on any atom is 0.338 e.